The monoisotopic (exact) mass is 428 g/mol. The second-order valence-corrected chi connectivity index (χ2v) is 8.31. The molecule has 2 aliphatic rings. The minimum atomic E-state index is -0.373. The van der Waals surface area contributed by atoms with E-state index in [1.807, 2.05) is 43.3 Å². The van der Waals surface area contributed by atoms with Gasteiger partial charge in [0.05, 0.1) is 6.61 Å². The Balaban J connectivity index is 0.000000354. The average Bonchev–Trinajstić information content (AvgIpc) is 2.84. The largest absolute Gasteiger partial charge is 0.450 e. The summed E-state index contributed by atoms with van der Waals surface area (Å²) in [6, 6.07) is 24.9. The molecule has 1 N–H and O–H groups in total. The van der Waals surface area contributed by atoms with Crippen molar-refractivity contribution in [2.24, 2.45) is 0 Å². The summed E-state index contributed by atoms with van der Waals surface area (Å²) in [4.78, 5) is 14.6. The molecule has 0 saturated carbocycles. The number of nitrogens with one attached hydrogen (secondary N) is 1. The maximum Gasteiger partial charge on any atom is 0.411 e. The van der Waals surface area contributed by atoms with Crippen molar-refractivity contribution in [3.8, 4) is 0 Å². The predicted molar refractivity (Wildman–Crippen MR) is 132 cm³/mol. The van der Waals surface area contributed by atoms with Gasteiger partial charge in [-0.05, 0) is 61.4 Å². The van der Waals surface area contributed by atoms with E-state index in [-0.39, 0.29) is 6.09 Å². The SMILES string of the molecule is CCOC(=O)Nc1cc2c3c(c1C)CCCN3CCC2c1ccccc1.c1ccccc1. The molecule has 3 aromatic rings. The van der Waals surface area contributed by atoms with E-state index in [2.05, 4.69) is 53.5 Å². The number of benzene rings is 3. The molecule has 5 rings (SSSR count). The molecule has 0 aliphatic carbocycles. The number of ether oxygens (including phenoxy) is 1. The van der Waals surface area contributed by atoms with Crippen molar-refractivity contribution in [3.05, 3.63) is 95.1 Å². The van der Waals surface area contributed by atoms with Crippen LogP contribution in [0, 0.1) is 6.92 Å². The Kier molecular flexibility index (Phi) is 7.10. The molecule has 2 aliphatic heterocycles. The Morgan fingerprint density at radius 1 is 1.03 bits per heavy atom. The van der Waals surface area contributed by atoms with Crippen LogP contribution in [0.25, 0.3) is 0 Å². The van der Waals surface area contributed by atoms with Gasteiger partial charge in [0.25, 0.3) is 0 Å². The quantitative estimate of drug-likeness (QED) is 0.515. The van der Waals surface area contributed by atoms with Crippen LogP contribution >= 0.6 is 0 Å². The molecule has 32 heavy (non-hydrogen) atoms. The molecule has 4 nitrogen and oxygen atoms in total. The second-order valence-electron chi connectivity index (χ2n) is 8.31. The summed E-state index contributed by atoms with van der Waals surface area (Å²) in [5.41, 5.74) is 7.56. The van der Waals surface area contributed by atoms with Crippen LogP contribution in [0.15, 0.2) is 72.8 Å². The summed E-state index contributed by atoms with van der Waals surface area (Å²) in [7, 11) is 0. The Bertz CT molecular complexity index is 1010. The topological polar surface area (TPSA) is 41.6 Å². The smallest absolute Gasteiger partial charge is 0.411 e. The number of nitrogens with zero attached hydrogens (tertiary/aromatic N) is 1. The van der Waals surface area contributed by atoms with Gasteiger partial charge >= 0.3 is 6.09 Å². The highest BCUT2D eigenvalue weighted by Gasteiger charge is 2.32. The molecule has 0 bridgehead atoms. The molecule has 1 amide bonds. The number of anilines is 2. The molecule has 166 valence electrons. The van der Waals surface area contributed by atoms with Crippen molar-refractivity contribution in [3.63, 3.8) is 0 Å². The molecule has 0 spiro atoms. The van der Waals surface area contributed by atoms with Gasteiger partial charge in [0, 0.05) is 30.4 Å². The number of hydrogen-bond acceptors (Lipinski definition) is 3. The number of hydrogen-bond donors (Lipinski definition) is 1. The fourth-order valence-corrected chi connectivity index (χ4v) is 4.84. The van der Waals surface area contributed by atoms with Crippen LogP contribution in [-0.2, 0) is 11.2 Å². The van der Waals surface area contributed by atoms with E-state index in [0.29, 0.717) is 12.5 Å². The fraction of sp³-hybridized carbons (Fsp3) is 0.321. The van der Waals surface area contributed by atoms with E-state index in [4.69, 9.17) is 4.74 Å². The first-order chi connectivity index (χ1) is 15.7. The third-order valence-electron chi connectivity index (χ3n) is 6.33. The van der Waals surface area contributed by atoms with Crippen molar-refractivity contribution >= 4 is 17.5 Å². The summed E-state index contributed by atoms with van der Waals surface area (Å²) >= 11 is 0. The summed E-state index contributed by atoms with van der Waals surface area (Å²) in [5.74, 6) is 0.377. The van der Waals surface area contributed by atoms with Gasteiger partial charge in [0.15, 0.2) is 0 Å². The van der Waals surface area contributed by atoms with Crippen LogP contribution in [0.2, 0.25) is 0 Å². The molecule has 3 aromatic carbocycles. The molecule has 2 heterocycles. The highest BCUT2D eigenvalue weighted by atomic mass is 16.5. The van der Waals surface area contributed by atoms with E-state index < -0.39 is 0 Å². The molecule has 0 saturated heterocycles. The minimum absolute atomic E-state index is 0.373. The van der Waals surface area contributed by atoms with Crippen molar-refractivity contribution in [1.82, 2.24) is 0 Å². The maximum atomic E-state index is 12.0. The Labute approximate surface area is 191 Å². The highest BCUT2D eigenvalue weighted by molar-refractivity contribution is 5.88. The maximum absolute atomic E-state index is 12.0. The van der Waals surface area contributed by atoms with Crippen LogP contribution < -0.4 is 10.2 Å². The van der Waals surface area contributed by atoms with Crippen LogP contribution in [0.4, 0.5) is 16.2 Å². The Hall–Kier alpha value is -3.27. The normalized spacial score (nSPS) is 16.3. The van der Waals surface area contributed by atoms with Gasteiger partial charge in [-0.15, -0.1) is 0 Å². The zero-order chi connectivity index (χ0) is 22.3. The van der Waals surface area contributed by atoms with Gasteiger partial charge in [-0.1, -0.05) is 66.7 Å². The second kappa shape index (κ2) is 10.4. The van der Waals surface area contributed by atoms with Crippen molar-refractivity contribution < 1.29 is 9.53 Å². The molecule has 1 atom stereocenters. The van der Waals surface area contributed by atoms with Gasteiger partial charge in [-0.3, -0.25) is 5.32 Å². The summed E-state index contributed by atoms with van der Waals surface area (Å²) < 4.78 is 5.10. The lowest BCUT2D eigenvalue weighted by molar-refractivity contribution is 0.168. The van der Waals surface area contributed by atoms with Crippen molar-refractivity contribution in [2.75, 3.05) is 29.9 Å². The zero-order valence-corrected chi connectivity index (χ0v) is 19.0. The van der Waals surface area contributed by atoms with Crippen LogP contribution in [-0.4, -0.2) is 25.8 Å². The third-order valence-corrected chi connectivity index (χ3v) is 6.33. The van der Waals surface area contributed by atoms with Gasteiger partial charge in [0.1, 0.15) is 0 Å². The van der Waals surface area contributed by atoms with Gasteiger partial charge in [-0.2, -0.15) is 0 Å². The first-order valence-corrected chi connectivity index (χ1v) is 11.6. The van der Waals surface area contributed by atoms with Gasteiger partial charge in [-0.25, -0.2) is 4.79 Å². The molecule has 1 unspecified atom stereocenters. The highest BCUT2D eigenvalue weighted by Crippen LogP contribution is 2.46. The first-order valence-electron chi connectivity index (χ1n) is 11.6. The zero-order valence-electron chi connectivity index (χ0n) is 19.0. The summed E-state index contributed by atoms with van der Waals surface area (Å²) in [6.07, 6.45) is 2.98. The molecular weight excluding hydrogens is 396 g/mol. The van der Waals surface area contributed by atoms with E-state index in [9.17, 15) is 4.79 Å². The van der Waals surface area contributed by atoms with Crippen molar-refractivity contribution in [2.45, 2.75) is 39.0 Å². The molecule has 0 aromatic heterocycles. The standard InChI is InChI=1S/C22H26N2O2.C6H6/c1-3-26-22(25)23-20-14-19-18(16-8-5-4-6-9-16)11-13-24-12-7-10-17(15(20)2)21(19)24;1-2-4-6-5-3-1/h4-6,8-9,14,18H,3,7,10-13H2,1-2H3,(H,23,25);1-6H. The van der Waals surface area contributed by atoms with E-state index in [0.717, 1.165) is 31.6 Å². The summed E-state index contributed by atoms with van der Waals surface area (Å²) in [6.45, 7) is 6.55. The molecule has 0 fully saturated rings. The Morgan fingerprint density at radius 3 is 2.34 bits per heavy atom. The average molecular weight is 429 g/mol. The van der Waals surface area contributed by atoms with Gasteiger partial charge < -0.3 is 9.64 Å². The lowest BCUT2D eigenvalue weighted by Crippen LogP contribution is -2.36. The van der Waals surface area contributed by atoms with E-state index >= 15 is 0 Å². The number of carbonyl (C=O) groups excluding carboxylic acids is 1. The van der Waals surface area contributed by atoms with Crippen LogP contribution in [0.1, 0.15) is 47.9 Å². The molecular formula is C28H32N2O2. The third kappa shape index (κ3) is 4.80. The van der Waals surface area contributed by atoms with Crippen molar-refractivity contribution in [1.29, 1.82) is 0 Å². The number of amides is 1. The van der Waals surface area contributed by atoms with Gasteiger partial charge in [0.2, 0.25) is 0 Å². The van der Waals surface area contributed by atoms with E-state index in [1.54, 1.807) is 0 Å². The van der Waals surface area contributed by atoms with Crippen LogP contribution in [0.5, 0.6) is 0 Å². The van der Waals surface area contributed by atoms with Crippen LogP contribution in [0.3, 0.4) is 0 Å². The lowest BCUT2D eigenvalue weighted by atomic mass is 9.79. The predicted octanol–water partition coefficient (Wildman–Crippen LogP) is 6.54. The minimum Gasteiger partial charge on any atom is -0.450 e. The fourth-order valence-electron chi connectivity index (χ4n) is 4.84. The lowest BCUT2D eigenvalue weighted by Gasteiger charge is -2.41. The molecule has 4 heteroatoms. The summed E-state index contributed by atoms with van der Waals surface area (Å²) in [5, 5.41) is 2.97. The number of carbonyl (C=O) groups is 1. The number of rotatable bonds is 3. The first kappa shape index (κ1) is 21.9. The Morgan fingerprint density at radius 2 is 1.69 bits per heavy atom. The molecule has 0 radical (unpaired) electrons. The van der Waals surface area contributed by atoms with E-state index in [1.165, 1.54) is 34.4 Å².